The van der Waals surface area contributed by atoms with E-state index in [0.29, 0.717) is 38.0 Å². The van der Waals surface area contributed by atoms with Crippen LogP contribution in [0.2, 0.25) is 0 Å². The summed E-state index contributed by atoms with van der Waals surface area (Å²) in [6.45, 7) is 1.52. The summed E-state index contributed by atoms with van der Waals surface area (Å²) >= 11 is 1.46. The highest BCUT2D eigenvalue weighted by Crippen LogP contribution is 2.36. The van der Waals surface area contributed by atoms with Crippen LogP contribution >= 0.6 is 23.1 Å². The molecule has 0 aliphatic carbocycles. The van der Waals surface area contributed by atoms with Crippen LogP contribution in [0, 0.1) is 5.92 Å². The van der Waals surface area contributed by atoms with Crippen molar-refractivity contribution in [3.05, 3.63) is 52.2 Å². The van der Waals surface area contributed by atoms with Gasteiger partial charge >= 0.3 is 5.51 Å². The minimum absolute atomic E-state index is 0.0159. The maximum atomic E-state index is 12.6. The number of likely N-dealkylation sites (tertiary alicyclic amines) is 1. The van der Waals surface area contributed by atoms with Crippen molar-refractivity contribution in [1.82, 2.24) is 10.2 Å². The maximum Gasteiger partial charge on any atom is 0.446 e. The number of benzene rings is 1. The average molecular weight is 443 g/mol. The first kappa shape index (κ1) is 21.7. The number of carbonyl (C=O) groups excluding carboxylic acids is 2. The fourth-order valence-corrected chi connectivity index (χ4v) is 4.48. The Kier molecular flexibility index (Phi) is 7.23. The molecule has 1 N–H and O–H groups in total. The molecule has 1 aromatic carbocycles. The first-order valence-corrected chi connectivity index (χ1v) is 11.0. The number of alkyl halides is 3. The van der Waals surface area contributed by atoms with Crippen molar-refractivity contribution < 1.29 is 22.8 Å². The molecule has 3 rings (SSSR count). The van der Waals surface area contributed by atoms with Crippen molar-refractivity contribution in [3.63, 3.8) is 0 Å². The van der Waals surface area contributed by atoms with Gasteiger partial charge in [-0.2, -0.15) is 13.2 Å². The predicted octanol–water partition coefficient (Wildman–Crippen LogP) is 4.57. The van der Waals surface area contributed by atoms with Gasteiger partial charge in [-0.1, -0.05) is 6.07 Å². The van der Waals surface area contributed by atoms with E-state index in [1.54, 1.807) is 16.2 Å². The molecule has 0 bridgehead atoms. The smallest absolute Gasteiger partial charge is 0.355 e. The lowest BCUT2D eigenvalue weighted by atomic mass is 9.95. The third-order valence-corrected chi connectivity index (χ3v) is 6.41. The van der Waals surface area contributed by atoms with Crippen LogP contribution in [0.4, 0.5) is 13.2 Å². The van der Waals surface area contributed by atoms with Crippen LogP contribution in [0.5, 0.6) is 0 Å². The molecule has 156 valence electrons. The van der Waals surface area contributed by atoms with E-state index in [4.69, 9.17) is 0 Å². The Hall–Kier alpha value is -2.00. The number of hydrogen-bond donors (Lipinski definition) is 1. The highest BCUT2D eigenvalue weighted by molar-refractivity contribution is 8.00. The number of nitrogens with one attached hydrogen (secondary N) is 1. The number of thiophene rings is 1. The molecule has 1 aliphatic rings. The van der Waals surface area contributed by atoms with Crippen LogP contribution in [0.3, 0.4) is 0 Å². The summed E-state index contributed by atoms with van der Waals surface area (Å²) in [5, 5.41) is 4.97. The molecule has 0 spiro atoms. The molecule has 0 radical (unpaired) electrons. The van der Waals surface area contributed by atoms with Crippen LogP contribution in [-0.2, 0) is 11.2 Å². The van der Waals surface area contributed by atoms with Crippen molar-refractivity contribution in [2.24, 2.45) is 5.92 Å². The number of halogens is 3. The van der Waals surface area contributed by atoms with E-state index in [9.17, 15) is 22.8 Å². The molecular weight excluding hydrogens is 421 g/mol. The summed E-state index contributed by atoms with van der Waals surface area (Å²) in [6, 6.07) is 9.46. The first-order chi connectivity index (χ1) is 13.8. The van der Waals surface area contributed by atoms with E-state index in [1.807, 2.05) is 17.5 Å². The first-order valence-electron chi connectivity index (χ1n) is 9.27. The van der Waals surface area contributed by atoms with Gasteiger partial charge in [0.25, 0.3) is 5.91 Å². The quantitative estimate of drug-likeness (QED) is 0.667. The van der Waals surface area contributed by atoms with E-state index in [0.717, 1.165) is 6.42 Å². The fourth-order valence-electron chi connectivity index (χ4n) is 3.23. The second kappa shape index (κ2) is 9.67. The van der Waals surface area contributed by atoms with Gasteiger partial charge in [-0.05, 0) is 66.7 Å². The molecule has 0 unspecified atom stereocenters. The summed E-state index contributed by atoms with van der Waals surface area (Å²) < 4.78 is 37.2. The number of carbonyl (C=O) groups is 2. The van der Waals surface area contributed by atoms with E-state index < -0.39 is 5.51 Å². The number of amides is 2. The van der Waals surface area contributed by atoms with E-state index in [-0.39, 0.29) is 34.4 Å². The zero-order valence-electron chi connectivity index (χ0n) is 15.6. The lowest BCUT2D eigenvalue weighted by Crippen LogP contribution is -2.43. The van der Waals surface area contributed by atoms with Crippen molar-refractivity contribution in [3.8, 4) is 0 Å². The highest BCUT2D eigenvalue weighted by Gasteiger charge is 2.30. The summed E-state index contributed by atoms with van der Waals surface area (Å²) in [7, 11) is 0. The van der Waals surface area contributed by atoms with Gasteiger partial charge in [-0.25, -0.2) is 0 Å². The van der Waals surface area contributed by atoms with Crippen molar-refractivity contribution in [2.75, 3.05) is 19.6 Å². The fraction of sp³-hybridized carbons (Fsp3) is 0.400. The number of nitrogens with zero attached hydrogens (tertiary/aromatic N) is 1. The Balaban J connectivity index is 1.44. The van der Waals surface area contributed by atoms with Gasteiger partial charge in [0, 0.05) is 40.9 Å². The third-order valence-electron chi connectivity index (χ3n) is 4.74. The van der Waals surface area contributed by atoms with Crippen LogP contribution < -0.4 is 5.32 Å². The van der Waals surface area contributed by atoms with Crippen molar-refractivity contribution >= 4 is 34.9 Å². The topological polar surface area (TPSA) is 49.4 Å². The number of hydrogen-bond acceptors (Lipinski definition) is 4. The Labute approximate surface area is 175 Å². The Bertz CT molecular complexity index is 815. The van der Waals surface area contributed by atoms with E-state index in [1.165, 1.54) is 29.1 Å². The lowest BCUT2D eigenvalue weighted by molar-refractivity contribution is -0.126. The van der Waals surface area contributed by atoms with Crippen molar-refractivity contribution in [2.45, 2.75) is 29.7 Å². The van der Waals surface area contributed by atoms with E-state index >= 15 is 0 Å². The van der Waals surface area contributed by atoms with Crippen LogP contribution in [-0.4, -0.2) is 41.9 Å². The zero-order valence-corrected chi connectivity index (χ0v) is 17.2. The SMILES string of the molecule is O=C(NCCc1cccs1)C1CCN(C(=O)c2ccc(SC(F)(F)F)cc2)CC1. The molecule has 2 amide bonds. The normalized spacial score (nSPS) is 15.3. The van der Waals surface area contributed by atoms with Crippen LogP contribution in [0.25, 0.3) is 0 Å². The van der Waals surface area contributed by atoms with Gasteiger partial charge in [0.15, 0.2) is 0 Å². The summed E-state index contributed by atoms with van der Waals surface area (Å²) in [4.78, 5) is 27.8. The van der Waals surface area contributed by atoms with Crippen molar-refractivity contribution in [1.29, 1.82) is 0 Å². The van der Waals surface area contributed by atoms with E-state index in [2.05, 4.69) is 5.32 Å². The van der Waals surface area contributed by atoms with Gasteiger partial charge in [0.1, 0.15) is 0 Å². The standard InChI is InChI=1S/C20H21F3N2O2S2/c21-20(22,23)29-17-5-3-15(4-6-17)19(27)25-11-8-14(9-12-25)18(26)24-10-7-16-2-1-13-28-16/h1-6,13-14H,7-12H2,(H,24,26). The Morgan fingerprint density at radius 1 is 1.14 bits per heavy atom. The number of piperidine rings is 1. The van der Waals surface area contributed by atoms with Gasteiger partial charge in [-0.15, -0.1) is 11.3 Å². The molecule has 2 heterocycles. The molecule has 2 aromatic rings. The molecule has 9 heteroatoms. The van der Waals surface area contributed by atoms with Gasteiger partial charge in [0.05, 0.1) is 0 Å². The molecule has 1 aliphatic heterocycles. The molecule has 1 aromatic heterocycles. The van der Waals surface area contributed by atoms with Gasteiger partial charge in [0.2, 0.25) is 5.91 Å². The molecule has 1 fully saturated rings. The molecule has 4 nitrogen and oxygen atoms in total. The maximum absolute atomic E-state index is 12.6. The highest BCUT2D eigenvalue weighted by atomic mass is 32.2. The van der Waals surface area contributed by atoms with Gasteiger partial charge in [-0.3, -0.25) is 9.59 Å². The molecular formula is C20H21F3N2O2S2. The Morgan fingerprint density at radius 3 is 2.41 bits per heavy atom. The summed E-state index contributed by atoms with van der Waals surface area (Å²) in [6.07, 6.45) is 1.97. The zero-order chi connectivity index (χ0) is 20.9. The molecule has 1 saturated heterocycles. The Morgan fingerprint density at radius 2 is 1.83 bits per heavy atom. The number of rotatable bonds is 6. The largest absolute Gasteiger partial charge is 0.446 e. The minimum Gasteiger partial charge on any atom is -0.355 e. The van der Waals surface area contributed by atoms with Crippen LogP contribution in [0.15, 0.2) is 46.7 Å². The van der Waals surface area contributed by atoms with Gasteiger partial charge < -0.3 is 10.2 Å². The average Bonchev–Trinajstić information content (AvgIpc) is 3.20. The minimum atomic E-state index is -4.35. The lowest BCUT2D eigenvalue weighted by Gasteiger charge is -2.31. The second-order valence-corrected chi connectivity index (χ2v) is 8.93. The molecule has 0 saturated carbocycles. The predicted molar refractivity (Wildman–Crippen MR) is 108 cm³/mol. The summed E-state index contributed by atoms with van der Waals surface area (Å²) in [5.74, 6) is -0.319. The second-order valence-electron chi connectivity index (χ2n) is 6.76. The summed E-state index contributed by atoms with van der Waals surface area (Å²) in [5.41, 5.74) is -3.99. The van der Waals surface area contributed by atoms with Crippen LogP contribution in [0.1, 0.15) is 28.1 Å². The number of thioether (sulfide) groups is 1. The third kappa shape index (κ3) is 6.50. The molecule has 29 heavy (non-hydrogen) atoms. The monoisotopic (exact) mass is 442 g/mol. The molecule has 0 atom stereocenters.